The Bertz CT molecular complexity index is 436. The Morgan fingerprint density at radius 1 is 1.17 bits per heavy atom. The third-order valence-corrected chi connectivity index (χ3v) is 7.27. The molecule has 1 heterocycles. The van der Waals surface area contributed by atoms with Crippen LogP contribution in [0.1, 0.15) is 32.1 Å². The van der Waals surface area contributed by atoms with Gasteiger partial charge in [-0.05, 0) is 67.6 Å². The first-order valence-electron chi connectivity index (χ1n) is 7.63. The fraction of sp³-hybridized carbons (Fsp3) is 0.933. The van der Waals surface area contributed by atoms with E-state index >= 15 is 0 Å². The molecule has 4 bridgehead atoms. The molecule has 5 fully saturated rings. The summed E-state index contributed by atoms with van der Waals surface area (Å²) < 4.78 is 5.33. The van der Waals surface area contributed by atoms with E-state index in [0.29, 0.717) is 18.6 Å². The van der Waals surface area contributed by atoms with Crippen LogP contribution in [0.4, 0.5) is 0 Å². The molecule has 8 unspecified atom stereocenters. The molecule has 0 aromatic heterocycles. The van der Waals surface area contributed by atoms with Crippen molar-refractivity contribution in [3.05, 3.63) is 0 Å². The molecule has 0 amide bonds. The minimum absolute atomic E-state index is 0.0734. The van der Waals surface area contributed by atoms with Crippen LogP contribution in [0, 0.1) is 40.9 Å². The highest BCUT2D eigenvalue weighted by Gasteiger charge is 2.71. The van der Waals surface area contributed by atoms with Gasteiger partial charge in [0.1, 0.15) is 0 Å². The molecule has 1 spiro atoms. The van der Waals surface area contributed by atoms with Crippen molar-refractivity contribution in [3.63, 3.8) is 0 Å². The second kappa shape index (κ2) is 2.95. The third kappa shape index (κ3) is 0.910. The number of esters is 1. The first-order valence-corrected chi connectivity index (χ1v) is 7.63. The molecule has 1 saturated heterocycles. The van der Waals surface area contributed by atoms with E-state index < -0.39 is 0 Å². The van der Waals surface area contributed by atoms with Crippen molar-refractivity contribution in [2.45, 2.75) is 38.1 Å². The zero-order valence-corrected chi connectivity index (χ0v) is 10.7. The third-order valence-electron chi connectivity index (χ3n) is 7.27. The van der Waals surface area contributed by atoms with Gasteiger partial charge in [-0.25, -0.2) is 0 Å². The summed E-state index contributed by atoms with van der Waals surface area (Å²) in [6.45, 7) is 0.666. The second-order valence-corrected chi connectivity index (χ2v) is 7.56. The standard InChI is InChI=1S/C15H21NO2/c16-11-5-7-3-9(11)13-10-4-8(12(7)13)6-15(10)1-2-18-14(15)17/h7-13H,1-6,16H2. The fourth-order valence-corrected chi connectivity index (χ4v) is 6.93. The Labute approximate surface area is 107 Å². The fourth-order valence-electron chi connectivity index (χ4n) is 6.93. The Morgan fingerprint density at radius 3 is 2.83 bits per heavy atom. The number of hydrogen-bond acceptors (Lipinski definition) is 3. The van der Waals surface area contributed by atoms with Crippen molar-refractivity contribution in [3.8, 4) is 0 Å². The summed E-state index contributed by atoms with van der Waals surface area (Å²) in [5.41, 5.74) is 6.24. The lowest BCUT2D eigenvalue weighted by atomic mass is 9.60. The summed E-state index contributed by atoms with van der Waals surface area (Å²) in [5.74, 6) is 4.85. The Morgan fingerprint density at radius 2 is 2.06 bits per heavy atom. The van der Waals surface area contributed by atoms with E-state index in [-0.39, 0.29) is 11.4 Å². The average Bonchev–Trinajstić information content (AvgIpc) is 3.05. The van der Waals surface area contributed by atoms with Crippen molar-refractivity contribution in [2.75, 3.05) is 6.61 Å². The lowest BCUT2D eigenvalue weighted by Crippen LogP contribution is -2.46. The molecule has 4 aliphatic carbocycles. The van der Waals surface area contributed by atoms with Crippen molar-refractivity contribution >= 4 is 5.97 Å². The molecule has 0 radical (unpaired) electrons. The monoisotopic (exact) mass is 247 g/mol. The van der Waals surface area contributed by atoms with Gasteiger partial charge in [0, 0.05) is 6.04 Å². The van der Waals surface area contributed by atoms with Gasteiger partial charge in [-0.15, -0.1) is 0 Å². The van der Waals surface area contributed by atoms with Crippen molar-refractivity contribution in [1.29, 1.82) is 0 Å². The number of carbonyl (C=O) groups excluding carboxylic acids is 1. The van der Waals surface area contributed by atoms with Crippen molar-refractivity contribution < 1.29 is 9.53 Å². The Hall–Kier alpha value is -0.570. The van der Waals surface area contributed by atoms with Crippen LogP contribution in [0.25, 0.3) is 0 Å². The van der Waals surface area contributed by atoms with Gasteiger partial charge >= 0.3 is 5.97 Å². The summed E-state index contributed by atoms with van der Waals surface area (Å²) in [5, 5.41) is 0. The molecule has 4 saturated carbocycles. The number of rotatable bonds is 0. The van der Waals surface area contributed by atoms with Crippen molar-refractivity contribution in [1.82, 2.24) is 0 Å². The van der Waals surface area contributed by atoms with Gasteiger partial charge < -0.3 is 10.5 Å². The molecule has 0 aromatic carbocycles. The number of hydrogen-bond donors (Lipinski definition) is 1. The highest BCUT2D eigenvalue weighted by atomic mass is 16.5. The molecule has 0 aromatic rings. The molecule has 5 rings (SSSR count). The number of fused-ring (bicyclic) bond motifs is 10. The highest BCUT2D eigenvalue weighted by molar-refractivity contribution is 5.80. The van der Waals surface area contributed by atoms with Crippen LogP contribution >= 0.6 is 0 Å². The summed E-state index contributed by atoms with van der Waals surface area (Å²) in [6, 6.07) is 0.421. The van der Waals surface area contributed by atoms with Crippen LogP contribution in [-0.4, -0.2) is 18.6 Å². The predicted octanol–water partition coefficient (Wildman–Crippen LogP) is 1.56. The largest absolute Gasteiger partial charge is 0.465 e. The average molecular weight is 247 g/mol. The topological polar surface area (TPSA) is 52.3 Å². The normalized spacial score (nSPS) is 63.8. The number of cyclic esters (lactones) is 1. The van der Waals surface area contributed by atoms with Crippen LogP contribution in [0.15, 0.2) is 0 Å². The molecular weight excluding hydrogens is 226 g/mol. The smallest absolute Gasteiger partial charge is 0.312 e. The second-order valence-electron chi connectivity index (χ2n) is 7.56. The Kier molecular flexibility index (Phi) is 1.68. The molecule has 1 aliphatic heterocycles. The van der Waals surface area contributed by atoms with Gasteiger partial charge in [-0.3, -0.25) is 4.79 Å². The first-order chi connectivity index (χ1) is 8.71. The van der Waals surface area contributed by atoms with Crippen LogP contribution in [-0.2, 0) is 9.53 Å². The SMILES string of the molecule is NC1CC2CC1C1C2C2CC1C1(CCOC1=O)C2. The summed E-state index contributed by atoms with van der Waals surface area (Å²) in [4.78, 5) is 12.2. The zero-order chi connectivity index (χ0) is 12.1. The maximum absolute atomic E-state index is 12.2. The molecule has 5 aliphatic rings. The van der Waals surface area contributed by atoms with Gasteiger partial charge in [0.15, 0.2) is 0 Å². The summed E-state index contributed by atoms with van der Waals surface area (Å²) >= 11 is 0. The Balaban J connectivity index is 1.57. The van der Waals surface area contributed by atoms with E-state index in [1.165, 1.54) is 19.3 Å². The van der Waals surface area contributed by atoms with E-state index in [9.17, 15) is 4.79 Å². The molecule has 98 valence electrons. The lowest BCUT2D eigenvalue weighted by molar-refractivity contribution is -0.151. The molecule has 2 N–H and O–H groups in total. The quantitative estimate of drug-likeness (QED) is 0.522. The van der Waals surface area contributed by atoms with Gasteiger partial charge in [-0.1, -0.05) is 0 Å². The zero-order valence-electron chi connectivity index (χ0n) is 10.7. The van der Waals surface area contributed by atoms with Crippen LogP contribution < -0.4 is 5.73 Å². The summed E-state index contributed by atoms with van der Waals surface area (Å²) in [7, 11) is 0. The molecule has 3 nitrogen and oxygen atoms in total. The predicted molar refractivity (Wildman–Crippen MR) is 65.4 cm³/mol. The minimum Gasteiger partial charge on any atom is -0.465 e. The molecule has 3 heteroatoms. The summed E-state index contributed by atoms with van der Waals surface area (Å²) in [6.07, 6.45) is 6.03. The van der Waals surface area contributed by atoms with Gasteiger partial charge in [0.2, 0.25) is 0 Å². The van der Waals surface area contributed by atoms with Gasteiger partial charge in [-0.2, -0.15) is 0 Å². The van der Waals surface area contributed by atoms with Crippen LogP contribution in [0.5, 0.6) is 0 Å². The minimum atomic E-state index is -0.0734. The molecular formula is C15H21NO2. The lowest BCUT2D eigenvalue weighted by Gasteiger charge is -2.43. The molecule has 8 atom stereocenters. The maximum Gasteiger partial charge on any atom is 0.312 e. The van der Waals surface area contributed by atoms with E-state index in [2.05, 4.69) is 0 Å². The number of nitrogens with two attached hydrogens (primary N) is 1. The highest BCUT2D eigenvalue weighted by Crippen LogP contribution is 2.73. The van der Waals surface area contributed by atoms with E-state index in [4.69, 9.17) is 10.5 Å². The van der Waals surface area contributed by atoms with E-state index in [1.807, 2.05) is 0 Å². The van der Waals surface area contributed by atoms with Crippen LogP contribution in [0.3, 0.4) is 0 Å². The van der Waals surface area contributed by atoms with Gasteiger partial charge in [0.25, 0.3) is 0 Å². The van der Waals surface area contributed by atoms with E-state index in [1.54, 1.807) is 0 Å². The van der Waals surface area contributed by atoms with E-state index in [0.717, 1.165) is 42.4 Å². The number of carbonyl (C=O) groups is 1. The first kappa shape index (κ1) is 10.2. The van der Waals surface area contributed by atoms with Crippen molar-refractivity contribution in [2.24, 2.45) is 46.7 Å². The molecule has 18 heavy (non-hydrogen) atoms. The number of ether oxygens (including phenoxy) is 1. The van der Waals surface area contributed by atoms with Crippen LogP contribution in [0.2, 0.25) is 0 Å². The van der Waals surface area contributed by atoms with Gasteiger partial charge in [0.05, 0.1) is 12.0 Å². The maximum atomic E-state index is 12.2.